The molecule has 1 aliphatic rings. The molecule has 0 unspecified atom stereocenters. The van der Waals surface area contributed by atoms with Crippen LogP contribution in [0.2, 0.25) is 0 Å². The van der Waals surface area contributed by atoms with Gasteiger partial charge in [-0.2, -0.15) is 0 Å². The number of aromatic nitrogens is 3. The number of para-hydroxylation sites is 2. The Labute approximate surface area is 360 Å². The molecular weight excluding hydrogens is 767 g/mol. The molecule has 0 atom stereocenters. The summed E-state index contributed by atoms with van der Waals surface area (Å²) >= 11 is 0. The van der Waals surface area contributed by atoms with Crippen LogP contribution >= 0.6 is 0 Å². The Morgan fingerprint density at radius 2 is 1.02 bits per heavy atom. The van der Waals surface area contributed by atoms with Gasteiger partial charge in [-0.25, -0.2) is 4.98 Å². The molecule has 4 heteroatoms. The standard InChI is InChI=1S/C59H33N3O/c1-3-12-36(13-4-1)59-60-57-44-26-20-35-19-25-43-49(29-24-39-33-47(58(57)63-59)56(44)54(35)53(39)43)62-51-28-23-38(32-46(51)55-41-16-8-7-11-34(41)21-30-52(55)62)37-22-27-50-45(31-37)42-17-9-10-18-48(42)61(50)40-14-5-2-6-15-40/h1-33H. The third-order valence-corrected chi connectivity index (χ3v) is 13.8. The Morgan fingerprint density at radius 1 is 0.349 bits per heavy atom. The second-order valence-electron chi connectivity index (χ2n) is 17.0. The summed E-state index contributed by atoms with van der Waals surface area (Å²) in [5.41, 5.74) is 13.7. The minimum absolute atomic E-state index is 0.657. The zero-order valence-corrected chi connectivity index (χ0v) is 33.8. The zero-order chi connectivity index (χ0) is 40.9. The van der Waals surface area contributed by atoms with Gasteiger partial charge < -0.3 is 13.6 Å². The third kappa shape index (κ3) is 4.41. The largest absolute Gasteiger partial charge is 0.435 e. The highest BCUT2D eigenvalue weighted by atomic mass is 16.4. The minimum atomic E-state index is 0.657. The lowest BCUT2D eigenvalue weighted by molar-refractivity contribution is 0.590. The van der Waals surface area contributed by atoms with Crippen LogP contribution in [0.5, 0.6) is 0 Å². The topological polar surface area (TPSA) is 35.9 Å². The number of hydrogen-bond acceptors (Lipinski definition) is 2. The van der Waals surface area contributed by atoms with Crippen LogP contribution in [-0.4, -0.2) is 14.1 Å². The first-order valence-corrected chi connectivity index (χ1v) is 21.6. The summed E-state index contributed by atoms with van der Waals surface area (Å²) in [5.74, 6) is 1.51. The van der Waals surface area contributed by atoms with Crippen molar-refractivity contribution in [1.29, 1.82) is 0 Å². The summed E-state index contributed by atoms with van der Waals surface area (Å²) in [4.78, 5) is 5.09. The van der Waals surface area contributed by atoms with Gasteiger partial charge in [0.2, 0.25) is 5.89 Å². The number of fused-ring (bicyclic) bond motifs is 11. The van der Waals surface area contributed by atoms with Gasteiger partial charge in [-0.1, -0.05) is 127 Å². The Balaban J connectivity index is 0.959. The highest BCUT2D eigenvalue weighted by Gasteiger charge is 2.31. The summed E-state index contributed by atoms with van der Waals surface area (Å²) in [6.07, 6.45) is 0. The van der Waals surface area contributed by atoms with Gasteiger partial charge in [-0.05, 0) is 116 Å². The van der Waals surface area contributed by atoms with Crippen LogP contribution in [0.15, 0.2) is 205 Å². The molecule has 11 aromatic carbocycles. The molecule has 14 aromatic rings. The van der Waals surface area contributed by atoms with Crippen LogP contribution in [0.1, 0.15) is 0 Å². The molecule has 1 aliphatic carbocycles. The lowest BCUT2D eigenvalue weighted by Gasteiger charge is -2.17. The van der Waals surface area contributed by atoms with E-state index in [1.807, 2.05) is 18.2 Å². The van der Waals surface area contributed by atoms with E-state index in [1.54, 1.807) is 0 Å². The maximum absolute atomic E-state index is 6.60. The molecule has 3 heterocycles. The fourth-order valence-corrected chi connectivity index (χ4v) is 11.1. The molecule has 0 amide bonds. The fraction of sp³-hybridized carbons (Fsp3) is 0. The van der Waals surface area contributed by atoms with Gasteiger partial charge in [0.25, 0.3) is 0 Å². The van der Waals surface area contributed by atoms with Gasteiger partial charge in [0, 0.05) is 54.7 Å². The Morgan fingerprint density at radius 3 is 1.87 bits per heavy atom. The van der Waals surface area contributed by atoms with E-state index in [9.17, 15) is 0 Å². The third-order valence-electron chi connectivity index (χ3n) is 13.8. The maximum Gasteiger partial charge on any atom is 0.227 e. The van der Waals surface area contributed by atoms with Crippen molar-refractivity contribution in [2.24, 2.45) is 0 Å². The number of rotatable bonds is 4. The first-order chi connectivity index (χ1) is 31.2. The first-order valence-electron chi connectivity index (χ1n) is 21.6. The molecule has 15 rings (SSSR count). The quantitative estimate of drug-likeness (QED) is 0.166. The van der Waals surface area contributed by atoms with E-state index in [2.05, 4.69) is 191 Å². The molecule has 290 valence electrons. The predicted octanol–water partition coefficient (Wildman–Crippen LogP) is 15.9. The SMILES string of the molecule is c1ccc(-c2nc3c(o2)-c2cc4ccc(-n5c6ccc(-c7ccc8c(c7)c7ccccc7n8-c7ccccc7)cc6c6c7ccccc7ccc65)c5ccc6ccc-3c2c6c45)cc1. The molecule has 0 fully saturated rings. The average Bonchev–Trinajstić information content (AvgIpc) is 4.10. The normalized spacial score (nSPS) is 12.4. The number of oxazole rings is 1. The van der Waals surface area contributed by atoms with Crippen molar-refractivity contribution < 1.29 is 4.42 Å². The highest BCUT2D eigenvalue weighted by molar-refractivity contribution is 6.33. The summed E-state index contributed by atoms with van der Waals surface area (Å²) in [6.45, 7) is 0. The molecule has 4 nitrogen and oxygen atoms in total. The predicted molar refractivity (Wildman–Crippen MR) is 262 cm³/mol. The lowest BCUT2D eigenvalue weighted by atomic mass is 9.90. The Hall–Kier alpha value is -8.47. The van der Waals surface area contributed by atoms with E-state index in [1.165, 1.54) is 109 Å². The van der Waals surface area contributed by atoms with Crippen molar-refractivity contribution in [2.45, 2.75) is 0 Å². The van der Waals surface area contributed by atoms with Crippen LogP contribution in [0.4, 0.5) is 0 Å². The summed E-state index contributed by atoms with van der Waals surface area (Å²) in [7, 11) is 0. The molecule has 0 N–H and O–H groups in total. The van der Waals surface area contributed by atoms with E-state index in [-0.39, 0.29) is 0 Å². The summed E-state index contributed by atoms with van der Waals surface area (Å²) < 4.78 is 11.5. The number of nitrogens with zero attached hydrogens (tertiary/aromatic N) is 3. The maximum atomic E-state index is 6.60. The smallest absolute Gasteiger partial charge is 0.227 e. The highest BCUT2D eigenvalue weighted by Crippen LogP contribution is 2.53. The number of hydrogen-bond donors (Lipinski definition) is 0. The second kappa shape index (κ2) is 12.1. The van der Waals surface area contributed by atoms with Gasteiger partial charge in [0.15, 0.2) is 5.76 Å². The Kier molecular flexibility index (Phi) is 6.39. The molecule has 63 heavy (non-hydrogen) atoms. The van der Waals surface area contributed by atoms with Crippen molar-refractivity contribution in [2.75, 3.05) is 0 Å². The van der Waals surface area contributed by atoms with Crippen molar-refractivity contribution >= 4 is 86.7 Å². The van der Waals surface area contributed by atoms with Gasteiger partial charge >= 0.3 is 0 Å². The fourth-order valence-electron chi connectivity index (χ4n) is 11.1. The number of benzene rings is 11. The molecule has 0 bridgehead atoms. The van der Waals surface area contributed by atoms with Crippen LogP contribution < -0.4 is 0 Å². The van der Waals surface area contributed by atoms with Crippen LogP contribution in [-0.2, 0) is 0 Å². The summed E-state index contributed by atoms with van der Waals surface area (Å²) in [5, 5.41) is 14.9. The van der Waals surface area contributed by atoms with E-state index >= 15 is 0 Å². The Bertz CT molecular complexity index is 4250. The van der Waals surface area contributed by atoms with Crippen LogP contribution in [0.3, 0.4) is 0 Å². The van der Waals surface area contributed by atoms with Crippen molar-refractivity contribution in [3.8, 4) is 56.5 Å². The van der Waals surface area contributed by atoms with E-state index in [0.29, 0.717) is 5.89 Å². The molecule has 0 radical (unpaired) electrons. The zero-order valence-electron chi connectivity index (χ0n) is 33.8. The van der Waals surface area contributed by atoms with Gasteiger partial charge in [-0.15, -0.1) is 0 Å². The van der Waals surface area contributed by atoms with Crippen molar-refractivity contribution in [1.82, 2.24) is 14.1 Å². The van der Waals surface area contributed by atoms with E-state index in [4.69, 9.17) is 9.40 Å². The molecule has 0 aliphatic heterocycles. The van der Waals surface area contributed by atoms with Crippen LogP contribution in [0, 0.1) is 0 Å². The van der Waals surface area contributed by atoms with Gasteiger partial charge in [-0.3, -0.25) is 0 Å². The van der Waals surface area contributed by atoms with Crippen molar-refractivity contribution in [3.63, 3.8) is 0 Å². The van der Waals surface area contributed by atoms with Crippen molar-refractivity contribution in [3.05, 3.63) is 200 Å². The molecule has 0 saturated carbocycles. The average molecular weight is 800 g/mol. The van der Waals surface area contributed by atoms with E-state index < -0.39 is 0 Å². The summed E-state index contributed by atoms with van der Waals surface area (Å²) in [6, 6.07) is 73.1. The van der Waals surface area contributed by atoms with Crippen LogP contribution in [0.25, 0.3) is 143 Å². The minimum Gasteiger partial charge on any atom is -0.435 e. The molecular formula is C59H33N3O. The van der Waals surface area contributed by atoms with Gasteiger partial charge in [0.1, 0.15) is 5.69 Å². The first kappa shape index (κ1) is 33.3. The van der Waals surface area contributed by atoms with Gasteiger partial charge in [0.05, 0.1) is 27.8 Å². The second-order valence-corrected chi connectivity index (χ2v) is 17.0. The molecule has 3 aromatic heterocycles. The van der Waals surface area contributed by atoms with E-state index in [0.717, 1.165) is 28.1 Å². The lowest BCUT2D eigenvalue weighted by Crippen LogP contribution is -1.97. The molecule has 0 saturated heterocycles. The molecule has 0 spiro atoms. The monoisotopic (exact) mass is 799 g/mol.